The predicted octanol–water partition coefficient (Wildman–Crippen LogP) is 3.03. The van der Waals surface area contributed by atoms with Crippen molar-refractivity contribution in [2.45, 2.75) is 25.2 Å². The van der Waals surface area contributed by atoms with Gasteiger partial charge in [0.2, 0.25) is 0 Å². The zero-order chi connectivity index (χ0) is 17.5. The van der Waals surface area contributed by atoms with Crippen LogP contribution in [-0.4, -0.2) is 44.4 Å². The number of amides is 1. The third kappa shape index (κ3) is 2.66. The lowest BCUT2D eigenvalue weighted by Gasteiger charge is -2.38. The average Bonchev–Trinajstić information content (AvgIpc) is 3.40. The maximum atomic E-state index is 13.1. The number of carbonyl (C=O) groups is 1. The molecule has 3 aromatic heterocycles. The lowest BCUT2D eigenvalue weighted by atomic mass is 10.0. The van der Waals surface area contributed by atoms with Crippen molar-refractivity contribution < 1.29 is 4.79 Å². The van der Waals surface area contributed by atoms with E-state index >= 15 is 0 Å². The molecular weight excluding hydrogens is 344 g/mol. The van der Waals surface area contributed by atoms with Gasteiger partial charge in [0.1, 0.15) is 5.69 Å². The van der Waals surface area contributed by atoms with Crippen molar-refractivity contribution in [1.82, 2.24) is 19.4 Å². The second-order valence-electron chi connectivity index (χ2n) is 7.06. The van der Waals surface area contributed by atoms with Crippen LogP contribution in [0.2, 0.25) is 0 Å². The molecule has 0 N–H and O–H groups in total. The molecule has 1 fully saturated rings. The Hall–Kier alpha value is -2.44. The highest BCUT2D eigenvalue weighted by Gasteiger charge is 2.44. The Labute approximate surface area is 156 Å². The summed E-state index contributed by atoms with van der Waals surface area (Å²) in [4.78, 5) is 21.8. The molecule has 5 heterocycles. The van der Waals surface area contributed by atoms with Crippen molar-refractivity contribution in [2.75, 3.05) is 13.1 Å². The molecule has 2 aliphatic heterocycles. The molecule has 3 aromatic rings. The molecule has 5 nitrogen and oxygen atoms in total. The van der Waals surface area contributed by atoms with E-state index in [1.807, 2.05) is 35.4 Å². The zero-order valence-electron chi connectivity index (χ0n) is 14.4. The molecule has 1 saturated heterocycles. The monoisotopic (exact) mass is 364 g/mol. The van der Waals surface area contributed by atoms with Crippen LogP contribution in [0.25, 0.3) is 0 Å². The molecule has 0 aliphatic carbocycles. The van der Waals surface area contributed by atoms with Crippen LogP contribution in [0.4, 0.5) is 0 Å². The summed E-state index contributed by atoms with van der Waals surface area (Å²) in [5.41, 5.74) is 3.23. The van der Waals surface area contributed by atoms with Crippen LogP contribution in [0.1, 0.15) is 27.7 Å². The van der Waals surface area contributed by atoms with Crippen LogP contribution >= 0.6 is 11.3 Å². The first kappa shape index (κ1) is 15.8. The first-order valence-corrected chi connectivity index (χ1v) is 9.84. The number of likely N-dealkylation sites (tertiary alicyclic amines) is 1. The van der Waals surface area contributed by atoms with E-state index in [0.29, 0.717) is 12.6 Å². The summed E-state index contributed by atoms with van der Waals surface area (Å²) >= 11 is 1.74. The number of hydrogen-bond acceptors (Lipinski definition) is 4. The Kier molecular flexibility index (Phi) is 3.87. The van der Waals surface area contributed by atoms with Gasteiger partial charge in [-0.25, -0.2) is 0 Å². The Bertz CT molecular complexity index is 905. The van der Waals surface area contributed by atoms with E-state index in [2.05, 4.69) is 37.5 Å². The first-order chi connectivity index (χ1) is 12.8. The molecule has 2 atom stereocenters. The van der Waals surface area contributed by atoms with E-state index in [0.717, 1.165) is 30.9 Å². The smallest absolute Gasteiger partial charge is 0.271 e. The van der Waals surface area contributed by atoms with Gasteiger partial charge in [-0.05, 0) is 46.2 Å². The number of fused-ring (bicyclic) bond motifs is 3. The van der Waals surface area contributed by atoms with Crippen LogP contribution in [0.15, 0.2) is 59.7 Å². The second-order valence-corrected chi connectivity index (χ2v) is 7.84. The third-order valence-electron chi connectivity index (χ3n) is 5.41. The van der Waals surface area contributed by atoms with Gasteiger partial charge in [-0.3, -0.25) is 14.7 Å². The minimum absolute atomic E-state index is 0.123. The van der Waals surface area contributed by atoms with Crippen LogP contribution in [0.5, 0.6) is 0 Å². The highest BCUT2D eigenvalue weighted by Crippen LogP contribution is 2.35. The number of thiophene rings is 1. The average molecular weight is 364 g/mol. The molecule has 26 heavy (non-hydrogen) atoms. The molecule has 0 unspecified atom stereocenters. The number of carbonyl (C=O) groups excluding carboxylic acids is 1. The molecule has 6 heteroatoms. The molecule has 0 aromatic carbocycles. The van der Waals surface area contributed by atoms with E-state index in [-0.39, 0.29) is 11.9 Å². The Balaban J connectivity index is 1.45. The molecule has 0 radical (unpaired) electrons. The van der Waals surface area contributed by atoms with Gasteiger partial charge in [0.05, 0.1) is 12.1 Å². The maximum Gasteiger partial charge on any atom is 0.271 e. The van der Waals surface area contributed by atoms with E-state index in [9.17, 15) is 4.79 Å². The van der Waals surface area contributed by atoms with E-state index in [1.54, 1.807) is 17.5 Å². The summed E-state index contributed by atoms with van der Waals surface area (Å²) in [6.45, 7) is 3.44. The maximum absolute atomic E-state index is 13.1. The minimum Gasteiger partial charge on any atom is -0.337 e. The van der Waals surface area contributed by atoms with Gasteiger partial charge in [0.15, 0.2) is 0 Å². The zero-order valence-corrected chi connectivity index (χ0v) is 15.2. The lowest BCUT2D eigenvalue weighted by molar-refractivity contribution is 0.0556. The summed E-state index contributed by atoms with van der Waals surface area (Å²) in [5.74, 6) is 0.123. The highest BCUT2D eigenvalue weighted by molar-refractivity contribution is 7.07. The minimum atomic E-state index is 0.123. The van der Waals surface area contributed by atoms with Gasteiger partial charge >= 0.3 is 0 Å². The highest BCUT2D eigenvalue weighted by atomic mass is 32.1. The number of nitrogens with zero attached hydrogens (tertiary/aromatic N) is 4. The molecular formula is C20H20N4OS. The number of aromatic nitrogens is 2. The van der Waals surface area contributed by atoms with Crippen LogP contribution in [0.3, 0.4) is 0 Å². The summed E-state index contributed by atoms with van der Waals surface area (Å²) in [5, 5.41) is 4.34. The normalized spacial score (nSPS) is 22.5. The predicted molar refractivity (Wildman–Crippen MR) is 101 cm³/mol. The molecule has 0 saturated carbocycles. The molecule has 2 aliphatic rings. The SMILES string of the molecule is O=C1c2cccn2[C@@H]2CN(Cc3ccsc3)C[C@@H]2N1Cc1cccnc1. The fraction of sp³-hybridized carbons (Fsp3) is 0.300. The van der Waals surface area contributed by atoms with Gasteiger partial charge in [-0.1, -0.05) is 6.07 Å². The van der Waals surface area contributed by atoms with Gasteiger partial charge < -0.3 is 9.47 Å². The van der Waals surface area contributed by atoms with Gasteiger partial charge in [-0.2, -0.15) is 11.3 Å². The van der Waals surface area contributed by atoms with Crippen molar-refractivity contribution in [3.8, 4) is 0 Å². The van der Waals surface area contributed by atoms with Gasteiger partial charge in [0.25, 0.3) is 5.91 Å². The van der Waals surface area contributed by atoms with E-state index in [1.165, 1.54) is 5.56 Å². The number of pyridine rings is 1. The lowest BCUT2D eigenvalue weighted by Crippen LogP contribution is -2.49. The molecule has 0 spiro atoms. The molecule has 1 amide bonds. The summed E-state index contributed by atoms with van der Waals surface area (Å²) < 4.78 is 2.18. The third-order valence-corrected chi connectivity index (χ3v) is 6.15. The van der Waals surface area contributed by atoms with Crippen molar-refractivity contribution in [3.63, 3.8) is 0 Å². The molecule has 132 valence electrons. The van der Waals surface area contributed by atoms with Crippen molar-refractivity contribution in [3.05, 3.63) is 76.5 Å². The summed E-state index contributed by atoms with van der Waals surface area (Å²) in [6.07, 6.45) is 5.68. The van der Waals surface area contributed by atoms with Gasteiger partial charge in [0, 0.05) is 44.8 Å². The standard InChI is InChI=1S/C20H20N4OS/c25-20-17-4-2-7-23(17)18-12-22(10-16-5-8-26-14-16)13-19(18)24(20)11-15-3-1-6-21-9-15/h1-9,14,18-19H,10-13H2/t18-,19+/m1/s1. The number of hydrogen-bond donors (Lipinski definition) is 0. The topological polar surface area (TPSA) is 41.4 Å². The summed E-state index contributed by atoms with van der Waals surface area (Å²) in [7, 11) is 0. The Morgan fingerprint density at radius 2 is 2.00 bits per heavy atom. The van der Waals surface area contributed by atoms with E-state index < -0.39 is 0 Å². The van der Waals surface area contributed by atoms with Crippen LogP contribution in [-0.2, 0) is 13.1 Å². The Morgan fingerprint density at radius 1 is 1.08 bits per heavy atom. The second kappa shape index (κ2) is 6.37. The number of rotatable bonds is 4. The largest absolute Gasteiger partial charge is 0.337 e. The molecule has 5 rings (SSSR count). The fourth-order valence-electron chi connectivity index (χ4n) is 4.24. The Morgan fingerprint density at radius 3 is 2.81 bits per heavy atom. The van der Waals surface area contributed by atoms with E-state index in [4.69, 9.17) is 0 Å². The van der Waals surface area contributed by atoms with Crippen LogP contribution in [0, 0.1) is 0 Å². The van der Waals surface area contributed by atoms with Gasteiger partial charge in [-0.15, -0.1) is 0 Å². The van der Waals surface area contributed by atoms with Crippen molar-refractivity contribution >= 4 is 17.2 Å². The quantitative estimate of drug-likeness (QED) is 0.715. The molecule has 0 bridgehead atoms. The summed E-state index contributed by atoms with van der Waals surface area (Å²) in [6, 6.07) is 10.6. The first-order valence-electron chi connectivity index (χ1n) is 8.90. The van der Waals surface area contributed by atoms with Crippen molar-refractivity contribution in [1.29, 1.82) is 0 Å². The van der Waals surface area contributed by atoms with Crippen molar-refractivity contribution in [2.24, 2.45) is 0 Å². The van der Waals surface area contributed by atoms with Crippen LogP contribution < -0.4 is 0 Å². The fourth-order valence-corrected chi connectivity index (χ4v) is 4.90.